The van der Waals surface area contributed by atoms with Crippen LogP contribution < -0.4 is 11.5 Å². The monoisotopic (exact) mass is 493 g/mol. The topological polar surface area (TPSA) is 101 Å². The summed E-state index contributed by atoms with van der Waals surface area (Å²) >= 11 is 0. The van der Waals surface area contributed by atoms with Gasteiger partial charge in [-0.2, -0.15) is 0 Å². The van der Waals surface area contributed by atoms with Crippen LogP contribution in [0.3, 0.4) is 0 Å². The van der Waals surface area contributed by atoms with Crippen LogP contribution in [0.25, 0.3) is 56.1 Å². The third-order valence-corrected chi connectivity index (χ3v) is 6.85. The number of fused-ring (bicyclic) bond motifs is 2. The van der Waals surface area contributed by atoms with E-state index in [4.69, 9.17) is 16.5 Å². The molecule has 182 valence electrons. The van der Waals surface area contributed by atoms with Gasteiger partial charge < -0.3 is 20.6 Å². The van der Waals surface area contributed by atoms with E-state index in [1.54, 1.807) is 12.4 Å². The highest BCUT2D eigenvalue weighted by atomic mass is 15.1. The Morgan fingerprint density at radius 2 is 1.18 bits per heavy atom. The van der Waals surface area contributed by atoms with Crippen LogP contribution in [0, 0.1) is 0 Å². The average Bonchev–Trinajstić information content (AvgIpc) is 3.44. The van der Waals surface area contributed by atoms with Gasteiger partial charge in [0.15, 0.2) is 0 Å². The Labute approximate surface area is 218 Å². The van der Waals surface area contributed by atoms with Gasteiger partial charge in [0, 0.05) is 23.5 Å². The number of hydrogen-bond donors (Lipinski definition) is 2. The van der Waals surface area contributed by atoms with Crippen LogP contribution >= 0.6 is 0 Å². The van der Waals surface area contributed by atoms with Crippen LogP contribution in [-0.2, 0) is 0 Å². The van der Waals surface area contributed by atoms with Crippen molar-refractivity contribution in [2.75, 3.05) is 11.5 Å². The molecule has 0 unspecified atom stereocenters. The van der Waals surface area contributed by atoms with Gasteiger partial charge in [-0.1, -0.05) is 42.5 Å². The predicted molar refractivity (Wildman–Crippen MR) is 153 cm³/mol. The normalized spacial score (nSPS) is 11.4. The van der Waals surface area contributed by atoms with Crippen LogP contribution in [-0.4, -0.2) is 24.1 Å². The van der Waals surface area contributed by atoms with Gasteiger partial charge in [-0.15, -0.1) is 0 Å². The third kappa shape index (κ3) is 3.26. The smallest absolute Gasteiger partial charge is 0.112 e. The number of rotatable bonds is 4. The molecule has 0 aliphatic rings. The molecule has 0 fully saturated rings. The first-order valence-electron chi connectivity index (χ1n) is 12.3. The SMILES string of the molecule is Nc1c(-c2c(N)c3ncccc3n2-c2ccccc2)n(-c2ccc(-c3ccccn3)nc2)c2ccccc12. The summed E-state index contributed by atoms with van der Waals surface area (Å²) in [6.45, 7) is 0. The summed E-state index contributed by atoms with van der Waals surface area (Å²) in [6.07, 6.45) is 5.38. The first kappa shape index (κ1) is 21.8. The van der Waals surface area contributed by atoms with Crippen molar-refractivity contribution in [2.24, 2.45) is 0 Å². The van der Waals surface area contributed by atoms with E-state index in [0.29, 0.717) is 11.4 Å². The van der Waals surface area contributed by atoms with Crippen molar-refractivity contribution in [1.29, 1.82) is 0 Å². The molecule has 0 saturated heterocycles. The summed E-state index contributed by atoms with van der Waals surface area (Å²) in [4.78, 5) is 13.8. The minimum absolute atomic E-state index is 0.568. The van der Waals surface area contributed by atoms with Crippen molar-refractivity contribution in [3.63, 3.8) is 0 Å². The number of aromatic nitrogens is 5. The van der Waals surface area contributed by atoms with Crippen LogP contribution in [0.15, 0.2) is 116 Å². The molecule has 5 aromatic heterocycles. The summed E-state index contributed by atoms with van der Waals surface area (Å²) in [5, 5.41) is 0.938. The predicted octanol–water partition coefficient (Wildman–Crippen LogP) is 6.26. The van der Waals surface area contributed by atoms with E-state index in [9.17, 15) is 0 Å². The summed E-state index contributed by atoms with van der Waals surface area (Å²) < 4.78 is 4.26. The maximum Gasteiger partial charge on any atom is 0.112 e. The highest BCUT2D eigenvalue weighted by Gasteiger charge is 2.26. The molecule has 2 aromatic carbocycles. The molecule has 0 aliphatic carbocycles. The molecule has 7 rings (SSSR count). The number of benzene rings is 2. The third-order valence-electron chi connectivity index (χ3n) is 6.85. The number of para-hydroxylation sites is 2. The van der Waals surface area contributed by atoms with Crippen molar-refractivity contribution in [3.05, 3.63) is 116 Å². The highest BCUT2D eigenvalue weighted by Crippen LogP contribution is 2.44. The standard InChI is InChI=1S/C31H23N7/c32-27-22-11-4-5-13-25(22)38(21-15-16-24(36-19-21)23-12-6-7-17-34-23)30(27)31-28(33)29-26(14-8-18-35-29)37(31)20-9-2-1-3-10-20/h1-19H,32-33H2. The molecular weight excluding hydrogens is 470 g/mol. The van der Waals surface area contributed by atoms with Crippen LogP contribution in [0.2, 0.25) is 0 Å². The van der Waals surface area contributed by atoms with Crippen LogP contribution in [0.1, 0.15) is 0 Å². The fraction of sp³-hybridized carbons (Fsp3) is 0. The van der Waals surface area contributed by atoms with Gasteiger partial charge in [0.1, 0.15) is 5.52 Å². The van der Waals surface area contributed by atoms with Crippen LogP contribution in [0.5, 0.6) is 0 Å². The van der Waals surface area contributed by atoms with E-state index in [1.807, 2.05) is 85.1 Å². The average molecular weight is 494 g/mol. The summed E-state index contributed by atoms with van der Waals surface area (Å²) in [5.74, 6) is 0. The molecule has 38 heavy (non-hydrogen) atoms. The van der Waals surface area contributed by atoms with Gasteiger partial charge >= 0.3 is 0 Å². The first-order chi connectivity index (χ1) is 18.7. The molecular formula is C31H23N7. The molecule has 7 heteroatoms. The fourth-order valence-corrected chi connectivity index (χ4v) is 5.17. The van der Waals surface area contributed by atoms with Crippen molar-refractivity contribution in [2.45, 2.75) is 0 Å². The molecule has 0 spiro atoms. The van der Waals surface area contributed by atoms with E-state index < -0.39 is 0 Å². The molecule has 4 N–H and O–H groups in total. The van der Waals surface area contributed by atoms with E-state index in [2.05, 4.69) is 37.3 Å². The molecule has 7 nitrogen and oxygen atoms in total. The summed E-state index contributed by atoms with van der Waals surface area (Å²) in [5.41, 5.74) is 22.6. The number of nitrogen functional groups attached to an aromatic ring is 2. The minimum Gasteiger partial charge on any atom is -0.396 e. The molecule has 0 radical (unpaired) electrons. The molecule has 5 heterocycles. The zero-order valence-electron chi connectivity index (χ0n) is 20.4. The Hall–Kier alpha value is -5.43. The Morgan fingerprint density at radius 3 is 1.97 bits per heavy atom. The van der Waals surface area contributed by atoms with Crippen LogP contribution in [0.4, 0.5) is 11.4 Å². The zero-order chi connectivity index (χ0) is 25.6. The number of hydrogen-bond acceptors (Lipinski definition) is 5. The van der Waals surface area contributed by atoms with Gasteiger partial charge in [0.05, 0.1) is 57.1 Å². The minimum atomic E-state index is 0.568. The number of nitrogens with zero attached hydrogens (tertiary/aromatic N) is 5. The highest BCUT2D eigenvalue weighted by molar-refractivity contribution is 6.08. The molecule has 7 aromatic rings. The molecule has 0 aliphatic heterocycles. The van der Waals surface area contributed by atoms with E-state index >= 15 is 0 Å². The number of pyridine rings is 3. The van der Waals surface area contributed by atoms with Gasteiger partial charge in [-0.25, -0.2) is 0 Å². The molecule has 0 atom stereocenters. The molecule has 0 amide bonds. The summed E-state index contributed by atoms with van der Waals surface area (Å²) in [6, 6.07) is 32.0. The fourth-order valence-electron chi connectivity index (χ4n) is 5.17. The number of anilines is 2. The van der Waals surface area contributed by atoms with E-state index in [-0.39, 0.29) is 0 Å². The zero-order valence-corrected chi connectivity index (χ0v) is 20.4. The lowest BCUT2D eigenvalue weighted by Crippen LogP contribution is -2.05. The lowest BCUT2D eigenvalue weighted by atomic mass is 10.2. The van der Waals surface area contributed by atoms with Crippen molar-refractivity contribution in [1.82, 2.24) is 24.1 Å². The second-order valence-electron chi connectivity index (χ2n) is 9.04. The van der Waals surface area contributed by atoms with Crippen molar-refractivity contribution in [3.8, 4) is 34.2 Å². The van der Waals surface area contributed by atoms with Gasteiger partial charge in [-0.05, 0) is 54.6 Å². The number of nitrogens with two attached hydrogens (primary N) is 2. The Morgan fingerprint density at radius 1 is 0.500 bits per heavy atom. The Kier molecular flexibility index (Phi) is 4.94. The Bertz CT molecular complexity index is 1920. The van der Waals surface area contributed by atoms with Gasteiger partial charge in [0.25, 0.3) is 0 Å². The lowest BCUT2D eigenvalue weighted by Gasteiger charge is -2.16. The van der Waals surface area contributed by atoms with Gasteiger partial charge in [-0.3, -0.25) is 15.0 Å². The second kappa shape index (κ2) is 8.60. The van der Waals surface area contributed by atoms with E-state index in [0.717, 1.165) is 56.1 Å². The summed E-state index contributed by atoms with van der Waals surface area (Å²) in [7, 11) is 0. The second-order valence-corrected chi connectivity index (χ2v) is 9.04. The maximum absolute atomic E-state index is 6.93. The quantitative estimate of drug-likeness (QED) is 0.301. The maximum atomic E-state index is 6.93. The lowest BCUT2D eigenvalue weighted by molar-refractivity contribution is 1.06. The largest absolute Gasteiger partial charge is 0.396 e. The Balaban J connectivity index is 1.55. The van der Waals surface area contributed by atoms with Gasteiger partial charge in [0.2, 0.25) is 0 Å². The molecule has 0 saturated carbocycles. The first-order valence-corrected chi connectivity index (χ1v) is 12.3. The van der Waals surface area contributed by atoms with Crippen molar-refractivity contribution >= 4 is 33.3 Å². The van der Waals surface area contributed by atoms with E-state index in [1.165, 1.54) is 0 Å². The van der Waals surface area contributed by atoms with Crippen molar-refractivity contribution < 1.29 is 0 Å². The molecule has 0 bridgehead atoms.